The third-order valence-electron chi connectivity index (χ3n) is 4.57. The number of hydrogen-bond acceptors (Lipinski definition) is 3. The zero-order valence-corrected chi connectivity index (χ0v) is 13.0. The number of oxime groups is 1. The molecule has 0 radical (unpaired) electrons. The van der Waals surface area contributed by atoms with Crippen LogP contribution in [0.2, 0.25) is 0 Å². The number of nitrogens with zero attached hydrogens (tertiary/aromatic N) is 1. The first-order valence-electron chi connectivity index (χ1n) is 7.69. The van der Waals surface area contributed by atoms with E-state index in [9.17, 15) is 0 Å². The van der Waals surface area contributed by atoms with Gasteiger partial charge in [0.25, 0.3) is 0 Å². The van der Waals surface area contributed by atoms with Crippen LogP contribution in [0, 0.1) is 0 Å². The van der Waals surface area contributed by atoms with Crippen LogP contribution in [-0.2, 0) is 6.42 Å². The highest BCUT2D eigenvalue weighted by atomic mass is 16.5. The molecule has 22 heavy (non-hydrogen) atoms. The standard InChI is InChI=1S/C19H21NO2/c1-13(20-21)14-9-11-15(12-10-14)16-5-3-7-18-17(16)6-4-8-19(18)22-2/h4,6,8-12,16,21H,3,5,7H2,1-2H3. The maximum atomic E-state index is 8.87. The summed E-state index contributed by atoms with van der Waals surface area (Å²) in [4.78, 5) is 0. The highest BCUT2D eigenvalue weighted by molar-refractivity contribution is 5.98. The highest BCUT2D eigenvalue weighted by Gasteiger charge is 2.23. The molecule has 3 rings (SSSR count). The summed E-state index contributed by atoms with van der Waals surface area (Å²) in [5.41, 5.74) is 5.62. The van der Waals surface area contributed by atoms with E-state index in [4.69, 9.17) is 9.94 Å². The lowest BCUT2D eigenvalue weighted by atomic mass is 9.78. The molecular formula is C19H21NO2. The molecule has 0 amide bonds. The van der Waals surface area contributed by atoms with Crippen LogP contribution >= 0.6 is 0 Å². The van der Waals surface area contributed by atoms with Crippen LogP contribution in [0.5, 0.6) is 5.75 Å². The Morgan fingerprint density at radius 2 is 1.95 bits per heavy atom. The Kier molecular flexibility index (Phi) is 4.14. The predicted molar refractivity (Wildman–Crippen MR) is 88.2 cm³/mol. The number of benzene rings is 2. The quantitative estimate of drug-likeness (QED) is 0.519. The van der Waals surface area contributed by atoms with Gasteiger partial charge in [-0.05, 0) is 54.5 Å². The zero-order valence-electron chi connectivity index (χ0n) is 13.0. The van der Waals surface area contributed by atoms with Gasteiger partial charge in [-0.3, -0.25) is 0 Å². The molecule has 2 aromatic carbocycles. The molecule has 1 unspecified atom stereocenters. The van der Waals surface area contributed by atoms with Crippen molar-refractivity contribution in [2.75, 3.05) is 7.11 Å². The molecule has 0 bridgehead atoms. The molecule has 0 saturated carbocycles. The lowest BCUT2D eigenvalue weighted by Gasteiger charge is -2.27. The van der Waals surface area contributed by atoms with Crippen molar-refractivity contribution in [3.05, 3.63) is 64.7 Å². The van der Waals surface area contributed by atoms with E-state index in [0.29, 0.717) is 11.6 Å². The minimum Gasteiger partial charge on any atom is -0.496 e. The van der Waals surface area contributed by atoms with E-state index in [1.54, 1.807) is 14.0 Å². The highest BCUT2D eigenvalue weighted by Crippen LogP contribution is 2.40. The van der Waals surface area contributed by atoms with Crippen LogP contribution in [0.25, 0.3) is 0 Å². The third-order valence-corrected chi connectivity index (χ3v) is 4.57. The Bertz CT molecular complexity index is 689. The molecule has 0 spiro atoms. The SMILES string of the molecule is COc1cccc2c1CCCC2c1ccc(C(C)=NO)cc1. The van der Waals surface area contributed by atoms with Crippen LogP contribution in [0.15, 0.2) is 47.6 Å². The van der Waals surface area contributed by atoms with Gasteiger partial charge >= 0.3 is 0 Å². The van der Waals surface area contributed by atoms with E-state index in [2.05, 4.69) is 29.4 Å². The smallest absolute Gasteiger partial charge is 0.122 e. The fraction of sp³-hybridized carbons (Fsp3) is 0.316. The van der Waals surface area contributed by atoms with E-state index in [0.717, 1.165) is 24.2 Å². The number of fused-ring (bicyclic) bond motifs is 1. The van der Waals surface area contributed by atoms with Gasteiger partial charge in [-0.1, -0.05) is 41.6 Å². The van der Waals surface area contributed by atoms with E-state index in [1.807, 2.05) is 18.2 Å². The fourth-order valence-electron chi connectivity index (χ4n) is 3.37. The van der Waals surface area contributed by atoms with Crippen LogP contribution in [0.3, 0.4) is 0 Å². The van der Waals surface area contributed by atoms with Crippen LogP contribution in [-0.4, -0.2) is 18.0 Å². The summed E-state index contributed by atoms with van der Waals surface area (Å²) < 4.78 is 5.52. The first-order chi connectivity index (χ1) is 10.7. The topological polar surface area (TPSA) is 41.8 Å². The molecule has 114 valence electrons. The first-order valence-corrected chi connectivity index (χ1v) is 7.69. The molecule has 1 N–H and O–H groups in total. The van der Waals surface area contributed by atoms with Gasteiger partial charge in [-0.2, -0.15) is 0 Å². The van der Waals surface area contributed by atoms with Gasteiger partial charge in [-0.25, -0.2) is 0 Å². The molecule has 0 aliphatic heterocycles. The summed E-state index contributed by atoms with van der Waals surface area (Å²) >= 11 is 0. The summed E-state index contributed by atoms with van der Waals surface area (Å²) in [6, 6.07) is 14.7. The molecule has 2 aromatic rings. The normalized spacial score (nSPS) is 17.9. The van der Waals surface area contributed by atoms with Gasteiger partial charge < -0.3 is 9.94 Å². The van der Waals surface area contributed by atoms with Crippen molar-refractivity contribution in [1.29, 1.82) is 0 Å². The molecule has 1 aliphatic carbocycles. The van der Waals surface area contributed by atoms with Crippen LogP contribution in [0.4, 0.5) is 0 Å². The molecule has 0 heterocycles. The number of ether oxygens (including phenoxy) is 1. The Morgan fingerprint density at radius 3 is 2.64 bits per heavy atom. The Balaban J connectivity index is 1.98. The molecule has 1 atom stereocenters. The Morgan fingerprint density at radius 1 is 1.18 bits per heavy atom. The monoisotopic (exact) mass is 295 g/mol. The summed E-state index contributed by atoms with van der Waals surface area (Å²) in [7, 11) is 1.74. The second-order valence-corrected chi connectivity index (χ2v) is 5.78. The van der Waals surface area contributed by atoms with Crippen molar-refractivity contribution in [2.24, 2.45) is 5.16 Å². The second kappa shape index (κ2) is 6.22. The van der Waals surface area contributed by atoms with Crippen molar-refractivity contribution in [2.45, 2.75) is 32.1 Å². The van der Waals surface area contributed by atoms with E-state index in [1.165, 1.54) is 23.1 Å². The van der Waals surface area contributed by atoms with Gasteiger partial charge in [0.15, 0.2) is 0 Å². The second-order valence-electron chi connectivity index (χ2n) is 5.78. The van der Waals surface area contributed by atoms with Crippen LogP contribution < -0.4 is 4.74 Å². The lowest BCUT2D eigenvalue weighted by Crippen LogP contribution is -2.12. The van der Waals surface area contributed by atoms with E-state index < -0.39 is 0 Å². The fourth-order valence-corrected chi connectivity index (χ4v) is 3.37. The van der Waals surface area contributed by atoms with Gasteiger partial charge in [0.05, 0.1) is 12.8 Å². The largest absolute Gasteiger partial charge is 0.496 e. The lowest BCUT2D eigenvalue weighted by molar-refractivity contribution is 0.319. The molecule has 0 aromatic heterocycles. The zero-order chi connectivity index (χ0) is 15.5. The molecule has 3 heteroatoms. The Hall–Kier alpha value is -2.29. The summed E-state index contributed by atoms with van der Waals surface area (Å²) in [5.74, 6) is 1.42. The third kappa shape index (κ3) is 2.59. The molecular weight excluding hydrogens is 274 g/mol. The maximum Gasteiger partial charge on any atom is 0.122 e. The van der Waals surface area contributed by atoms with Crippen molar-refractivity contribution in [1.82, 2.24) is 0 Å². The van der Waals surface area contributed by atoms with Gasteiger partial charge in [0.2, 0.25) is 0 Å². The van der Waals surface area contributed by atoms with Gasteiger partial charge in [-0.15, -0.1) is 0 Å². The number of rotatable bonds is 3. The average molecular weight is 295 g/mol. The van der Waals surface area contributed by atoms with E-state index >= 15 is 0 Å². The van der Waals surface area contributed by atoms with Crippen LogP contribution in [0.1, 0.15) is 47.9 Å². The van der Waals surface area contributed by atoms with Gasteiger partial charge in [0.1, 0.15) is 5.75 Å². The molecule has 3 nitrogen and oxygen atoms in total. The number of hydrogen-bond donors (Lipinski definition) is 1. The Labute approximate surface area is 131 Å². The molecule has 0 saturated heterocycles. The summed E-state index contributed by atoms with van der Waals surface area (Å²) in [6.07, 6.45) is 3.42. The average Bonchev–Trinajstić information content (AvgIpc) is 2.60. The molecule has 1 aliphatic rings. The summed E-state index contributed by atoms with van der Waals surface area (Å²) in [5, 5.41) is 12.1. The number of methoxy groups -OCH3 is 1. The van der Waals surface area contributed by atoms with Crippen molar-refractivity contribution >= 4 is 5.71 Å². The maximum absolute atomic E-state index is 8.87. The van der Waals surface area contributed by atoms with E-state index in [-0.39, 0.29) is 0 Å². The van der Waals surface area contributed by atoms with Crippen molar-refractivity contribution in [3.8, 4) is 5.75 Å². The summed E-state index contributed by atoms with van der Waals surface area (Å²) in [6.45, 7) is 1.80. The predicted octanol–water partition coefficient (Wildman–Crippen LogP) is 4.36. The molecule has 0 fully saturated rings. The minimum atomic E-state index is 0.416. The van der Waals surface area contributed by atoms with Crippen molar-refractivity contribution < 1.29 is 9.94 Å². The van der Waals surface area contributed by atoms with Crippen molar-refractivity contribution in [3.63, 3.8) is 0 Å². The minimum absolute atomic E-state index is 0.416. The first kappa shape index (κ1) is 14.6. The van der Waals surface area contributed by atoms with Gasteiger partial charge in [0, 0.05) is 5.92 Å².